The molecule has 174 valence electrons. The van der Waals surface area contributed by atoms with Crippen molar-refractivity contribution in [3.8, 4) is 5.75 Å². The standard InChI is InChI=1S/C24H25Cl2FN4O2/c1-31-18-12-19(33-2)14(22(32)28-13-5-7-24(8-6-13)9-10-24)11-17(18)29-23(31)30-21-16(26)4-3-15(25)20(21)27/h3-4,11-13H,5-10H2,1-2H3,(H,28,32)(H,29,30). The van der Waals surface area contributed by atoms with Crippen LogP contribution in [0.15, 0.2) is 24.3 Å². The molecule has 5 rings (SSSR count). The summed E-state index contributed by atoms with van der Waals surface area (Å²) in [5.74, 6) is -0.0189. The number of methoxy groups -OCH3 is 1. The van der Waals surface area contributed by atoms with Crippen molar-refractivity contribution in [2.45, 2.75) is 44.6 Å². The molecule has 1 spiro atoms. The van der Waals surface area contributed by atoms with E-state index in [1.54, 1.807) is 23.7 Å². The van der Waals surface area contributed by atoms with Crippen molar-refractivity contribution in [2.24, 2.45) is 12.5 Å². The van der Waals surface area contributed by atoms with Crippen molar-refractivity contribution in [1.29, 1.82) is 0 Å². The van der Waals surface area contributed by atoms with Gasteiger partial charge in [0.1, 0.15) is 5.75 Å². The first-order valence-corrected chi connectivity index (χ1v) is 11.8. The van der Waals surface area contributed by atoms with Crippen LogP contribution in [0.4, 0.5) is 16.0 Å². The molecule has 2 aliphatic rings. The molecule has 2 aromatic carbocycles. The molecule has 2 fully saturated rings. The molecule has 1 aromatic heterocycles. The molecule has 0 radical (unpaired) electrons. The fourth-order valence-corrected chi connectivity index (χ4v) is 5.10. The fourth-order valence-electron chi connectivity index (χ4n) is 4.75. The summed E-state index contributed by atoms with van der Waals surface area (Å²) in [6, 6.07) is 6.55. The number of nitrogens with one attached hydrogen (secondary N) is 2. The van der Waals surface area contributed by atoms with E-state index in [1.165, 1.54) is 44.9 Å². The summed E-state index contributed by atoms with van der Waals surface area (Å²) in [5, 5.41) is 6.23. The lowest BCUT2D eigenvalue weighted by molar-refractivity contribution is 0.0916. The highest BCUT2D eigenvalue weighted by atomic mass is 35.5. The molecule has 2 N–H and O–H groups in total. The number of aromatic nitrogens is 2. The highest BCUT2D eigenvalue weighted by molar-refractivity contribution is 6.35. The predicted molar refractivity (Wildman–Crippen MR) is 128 cm³/mol. The molecule has 0 unspecified atom stereocenters. The number of carbonyl (C=O) groups excluding carboxylic acids is 1. The number of amides is 1. The lowest BCUT2D eigenvalue weighted by Gasteiger charge is -2.29. The van der Waals surface area contributed by atoms with Crippen LogP contribution in [0.2, 0.25) is 10.0 Å². The van der Waals surface area contributed by atoms with Crippen LogP contribution in [0.3, 0.4) is 0 Å². The second-order valence-electron chi connectivity index (χ2n) is 9.13. The molecule has 2 aliphatic carbocycles. The van der Waals surface area contributed by atoms with Crippen LogP contribution in [0.5, 0.6) is 5.75 Å². The van der Waals surface area contributed by atoms with Crippen molar-refractivity contribution < 1.29 is 13.9 Å². The van der Waals surface area contributed by atoms with E-state index in [4.69, 9.17) is 27.9 Å². The molecule has 1 heterocycles. The highest BCUT2D eigenvalue weighted by Gasteiger charge is 2.44. The average molecular weight is 491 g/mol. The first-order valence-electron chi connectivity index (χ1n) is 11.1. The molecule has 33 heavy (non-hydrogen) atoms. The molecule has 0 atom stereocenters. The molecule has 1 amide bonds. The SMILES string of the molecule is COc1cc2c(cc1C(=O)NC1CCC3(CC1)CC3)nc(Nc1c(Cl)ccc(Cl)c1F)n2C. The minimum atomic E-state index is -0.658. The van der Waals surface area contributed by atoms with E-state index < -0.39 is 5.82 Å². The molecule has 0 aliphatic heterocycles. The number of carbonyl (C=O) groups is 1. The molecule has 6 nitrogen and oxygen atoms in total. The molecule has 9 heteroatoms. The molecule has 0 saturated heterocycles. The van der Waals surface area contributed by atoms with Crippen molar-refractivity contribution >= 4 is 51.8 Å². The number of fused-ring (bicyclic) bond motifs is 1. The quantitative estimate of drug-likeness (QED) is 0.416. The van der Waals surface area contributed by atoms with E-state index in [-0.39, 0.29) is 27.7 Å². The average Bonchev–Trinajstić information content (AvgIpc) is 3.50. The lowest BCUT2D eigenvalue weighted by Crippen LogP contribution is -2.38. The summed E-state index contributed by atoms with van der Waals surface area (Å²) in [6.07, 6.45) is 7.06. The summed E-state index contributed by atoms with van der Waals surface area (Å²) in [7, 11) is 3.31. The van der Waals surface area contributed by atoms with E-state index in [0.717, 1.165) is 18.4 Å². The zero-order valence-corrected chi connectivity index (χ0v) is 20.0. The van der Waals surface area contributed by atoms with Crippen molar-refractivity contribution in [1.82, 2.24) is 14.9 Å². The highest BCUT2D eigenvalue weighted by Crippen LogP contribution is 2.56. The third-order valence-electron chi connectivity index (χ3n) is 7.07. The van der Waals surface area contributed by atoms with Gasteiger partial charge in [0.05, 0.1) is 39.4 Å². The van der Waals surface area contributed by atoms with E-state index in [9.17, 15) is 9.18 Å². The fraction of sp³-hybridized carbons (Fsp3) is 0.417. The monoisotopic (exact) mass is 490 g/mol. The van der Waals surface area contributed by atoms with Gasteiger partial charge in [-0.2, -0.15) is 0 Å². The van der Waals surface area contributed by atoms with Crippen LogP contribution in [-0.4, -0.2) is 28.6 Å². The van der Waals surface area contributed by atoms with Gasteiger partial charge in [0.15, 0.2) is 5.82 Å². The number of nitrogens with zero attached hydrogens (tertiary/aromatic N) is 2. The Kier molecular flexibility index (Phi) is 5.65. The van der Waals surface area contributed by atoms with Crippen molar-refractivity contribution in [2.75, 3.05) is 12.4 Å². The van der Waals surface area contributed by atoms with Crippen LogP contribution >= 0.6 is 23.2 Å². The summed E-state index contributed by atoms with van der Waals surface area (Å²) < 4.78 is 21.8. The van der Waals surface area contributed by atoms with E-state index in [0.29, 0.717) is 28.2 Å². The third-order valence-corrected chi connectivity index (χ3v) is 7.67. The largest absolute Gasteiger partial charge is 0.496 e. The predicted octanol–water partition coefficient (Wildman–Crippen LogP) is 6.22. The lowest BCUT2D eigenvalue weighted by atomic mass is 9.83. The van der Waals surface area contributed by atoms with Gasteiger partial charge < -0.3 is 19.9 Å². The number of ether oxygens (including phenoxy) is 1. The Labute approximate surface area is 201 Å². The molecular weight excluding hydrogens is 466 g/mol. The first kappa shape index (κ1) is 22.3. The normalized spacial score (nSPS) is 17.4. The Morgan fingerprint density at radius 3 is 2.55 bits per heavy atom. The van der Waals surface area contributed by atoms with Gasteiger partial charge in [-0.15, -0.1) is 0 Å². The van der Waals surface area contributed by atoms with Gasteiger partial charge in [0.2, 0.25) is 5.95 Å². The number of rotatable bonds is 5. The Morgan fingerprint density at radius 2 is 1.88 bits per heavy atom. The summed E-state index contributed by atoms with van der Waals surface area (Å²) in [6.45, 7) is 0. The molecule has 0 bridgehead atoms. The van der Waals surface area contributed by atoms with Crippen LogP contribution in [0, 0.1) is 11.2 Å². The molecule has 2 saturated carbocycles. The topological polar surface area (TPSA) is 68.2 Å². The summed E-state index contributed by atoms with van der Waals surface area (Å²) >= 11 is 12.1. The molecular formula is C24H25Cl2FN4O2. The van der Waals surface area contributed by atoms with Crippen LogP contribution in [0.1, 0.15) is 48.9 Å². The third kappa shape index (κ3) is 4.13. The maximum atomic E-state index is 14.5. The maximum Gasteiger partial charge on any atom is 0.255 e. The summed E-state index contributed by atoms with van der Waals surface area (Å²) in [4.78, 5) is 17.7. The van der Waals surface area contributed by atoms with Crippen LogP contribution < -0.4 is 15.4 Å². The Hall–Kier alpha value is -2.51. The van der Waals surface area contributed by atoms with Crippen molar-refractivity contribution in [3.63, 3.8) is 0 Å². The number of benzene rings is 2. The summed E-state index contributed by atoms with van der Waals surface area (Å²) in [5.41, 5.74) is 2.33. The number of anilines is 2. The van der Waals surface area contributed by atoms with Crippen molar-refractivity contribution in [3.05, 3.63) is 45.7 Å². The minimum Gasteiger partial charge on any atom is -0.496 e. The van der Waals surface area contributed by atoms with Crippen LogP contribution in [-0.2, 0) is 7.05 Å². The number of imidazole rings is 1. The van der Waals surface area contributed by atoms with Gasteiger partial charge in [0, 0.05) is 19.2 Å². The van der Waals surface area contributed by atoms with E-state index >= 15 is 0 Å². The second-order valence-corrected chi connectivity index (χ2v) is 9.94. The smallest absolute Gasteiger partial charge is 0.255 e. The van der Waals surface area contributed by atoms with E-state index in [2.05, 4.69) is 15.6 Å². The number of halogens is 3. The molecule has 3 aromatic rings. The van der Waals surface area contributed by atoms with Gasteiger partial charge in [-0.3, -0.25) is 4.79 Å². The Bertz CT molecular complexity index is 1250. The number of aryl methyl sites for hydroxylation is 1. The van der Waals surface area contributed by atoms with Gasteiger partial charge in [-0.25, -0.2) is 9.37 Å². The van der Waals surface area contributed by atoms with Crippen LogP contribution in [0.25, 0.3) is 11.0 Å². The number of hydrogen-bond donors (Lipinski definition) is 2. The zero-order valence-electron chi connectivity index (χ0n) is 18.5. The van der Waals surface area contributed by atoms with Gasteiger partial charge in [0.25, 0.3) is 5.91 Å². The van der Waals surface area contributed by atoms with Gasteiger partial charge >= 0.3 is 0 Å². The second kappa shape index (κ2) is 8.37. The minimum absolute atomic E-state index is 0.0400. The van der Waals surface area contributed by atoms with Gasteiger partial charge in [-0.05, 0) is 62.1 Å². The first-order chi connectivity index (χ1) is 15.8. The Morgan fingerprint density at radius 1 is 1.18 bits per heavy atom. The number of hydrogen-bond acceptors (Lipinski definition) is 4. The Balaban J connectivity index is 1.43. The van der Waals surface area contributed by atoms with E-state index in [1.807, 2.05) is 0 Å². The maximum absolute atomic E-state index is 14.5. The zero-order chi connectivity index (χ0) is 23.3. The van der Waals surface area contributed by atoms with Gasteiger partial charge in [-0.1, -0.05) is 23.2 Å².